The van der Waals surface area contributed by atoms with E-state index in [0.717, 1.165) is 13.2 Å². The lowest BCUT2D eigenvalue weighted by Gasteiger charge is -2.14. The van der Waals surface area contributed by atoms with E-state index in [-0.39, 0.29) is 17.2 Å². The van der Waals surface area contributed by atoms with Crippen molar-refractivity contribution >= 4 is 11.6 Å². The molecular weight excluding hydrogens is 285 g/mol. The first-order valence-corrected chi connectivity index (χ1v) is 4.99. The van der Waals surface area contributed by atoms with Crippen molar-refractivity contribution < 1.29 is 31.4 Å². The fourth-order valence-electron chi connectivity index (χ4n) is 1.23. The van der Waals surface area contributed by atoms with Gasteiger partial charge in [0.15, 0.2) is 11.4 Å². The van der Waals surface area contributed by atoms with Gasteiger partial charge in [-0.3, -0.25) is 0 Å². The Labute approximate surface area is 103 Å². The number of alkyl halides is 6. The molecule has 0 radical (unpaired) electrons. The van der Waals surface area contributed by atoms with Crippen molar-refractivity contribution in [1.82, 2.24) is 4.98 Å². The first kappa shape index (κ1) is 14.7. The van der Waals surface area contributed by atoms with Crippen LogP contribution < -0.4 is 9.47 Å². The van der Waals surface area contributed by atoms with Crippen molar-refractivity contribution in [3.05, 3.63) is 17.3 Å². The maximum absolute atomic E-state index is 12.6. The number of ether oxygens (including phenoxy) is 2. The summed E-state index contributed by atoms with van der Waals surface area (Å²) in [4.78, 5) is 3.06. The largest absolute Gasteiger partial charge is 0.574 e. The zero-order chi connectivity index (χ0) is 13.9. The Balaban J connectivity index is 3.27. The fourth-order valence-corrected chi connectivity index (χ4v) is 1.43. The Bertz CT molecular complexity index is 424. The van der Waals surface area contributed by atoms with Gasteiger partial charge in [0.05, 0.1) is 13.0 Å². The summed E-state index contributed by atoms with van der Waals surface area (Å²) in [5.74, 6) is -1.68. The molecule has 0 unspecified atom stereocenters. The van der Waals surface area contributed by atoms with Crippen LogP contribution in [-0.4, -0.2) is 18.5 Å². The van der Waals surface area contributed by atoms with Gasteiger partial charge in [-0.05, 0) is 0 Å². The molecule has 1 aromatic heterocycles. The van der Waals surface area contributed by atoms with Gasteiger partial charge in [0.25, 0.3) is 6.43 Å². The number of hydrogen-bond acceptors (Lipinski definition) is 3. The maximum atomic E-state index is 12.6. The maximum Gasteiger partial charge on any atom is 0.574 e. The van der Waals surface area contributed by atoms with E-state index in [1.807, 2.05) is 0 Å². The molecule has 0 saturated carbocycles. The zero-order valence-electron chi connectivity index (χ0n) is 8.89. The first-order chi connectivity index (χ1) is 8.28. The molecule has 0 aliphatic carbocycles. The Morgan fingerprint density at radius 3 is 2.39 bits per heavy atom. The van der Waals surface area contributed by atoms with Crippen LogP contribution in [0.2, 0.25) is 0 Å². The molecule has 0 aliphatic heterocycles. The summed E-state index contributed by atoms with van der Waals surface area (Å²) in [6.45, 7) is 0. The quantitative estimate of drug-likeness (QED) is 0.626. The lowest BCUT2D eigenvalue weighted by molar-refractivity contribution is -0.276. The van der Waals surface area contributed by atoms with Crippen LogP contribution in [0.5, 0.6) is 11.6 Å². The number of pyridine rings is 1. The molecule has 102 valence electrons. The molecule has 0 aliphatic rings. The molecular formula is C9H7ClF5NO2. The molecule has 0 saturated heterocycles. The highest BCUT2D eigenvalue weighted by Crippen LogP contribution is 2.35. The zero-order valence-corrected chi connectivity index (χ0v) is 9.65. The van der Waals surface area contributed by atoms with Crippen LogP contribution in [-0.2, 0) is 5.88 Å². The first-order valence-electron chi connectivity index (χ1n) is 4.46. The molecule has 1 aromatic rings. The third-order valence-corrected chi connectivity index (χ3v) is 2.12. The second kappa shape index (κ2) is 5.55. The van der Waals surface area contributed by atoms with Crippen LogP contribution in [0.1, 0.15) is 17.7 Å². The molecule has 0 spiro atoms. The molecule has 1 heterocycles. The summed E-state index contributed by atoms with van der Waals surface area (Å²) in [6, 6.07) is 0.797. The van der Waals surface area contributed by atoms with Crippen molar-refractivity contribution in [2.75, 3.05) is 7.11 Å². The molecule has 18 heavy (non-hydrogen) atoms. The molecule has 0 bridgehead atoms. The number of methoxy groups -OCH3 is 1. The predicted molar refractivity (Wildman–Crippen MR) is 52.0 cm³/mol. The lowest BCUT2D eigenvalue weighted by atomic mass is 10.2. The minimum atomic E-state index is -5.02. The van der Waals surface area contributed by atoms with Crippen molar-refractivity contribution in [3.63, 3.8) is 0 Å². The molecule has 0 aromatic carbocycles. The van der Waals surface area contributed by atoms with Gasteiger partial charge in [-0.1, -0.05) is 0 Å². The van der Waals surface area contributed by atoms with Crippen LogP contribution in [0.25, 0.3) is 0 Å². The molecule has 0 amide bonds. The van der Waals surface area contributed by atoms with E-state index in [1.165, 1.54) is 0 Å². The van der Waals surface area contributed by atoms with Gasteiger partial charge in [-0.25, -0.2) is 13.8 Å². The average molecular weight is 292 g/mol. The van der Waals surface area contributed by atoms with Crippen LogP contribution in [0, 0.1) is 0 Å². The predicted octanol–water partition coefficient (Wildman–Crippen LogP) is 3.67. The summed E-state index contributed by atoms with van der Waals surface area (Å²) >= 11 is 5.44. The van der Waals surface area contributed by atoms with Crippen LogP contribution in [0.4, 0.5) is 22.0 Å². The molecule has 0 N–H and O–H groups in total. The second-order valence-electron chi connectivity index (χ2n) is 3.02. The lowest BCUT2D eigenvalue weighted by Crippen LogP contribution is -2.18. The van der Waals surface area contributed by atoms with Gasteiger partial charge in [0.1, 0.15) is 0 Å². The summed E-state index contributed by atoms with van der Waals surface area (Å²) in [7, 11) is 1.09. The number of aromatic nitrogens is 1. The normalized spacial score (nSPS) is 11.8. The Hall–Kier alpha value is -1.31. The minimum Gasteiger partial charge on any atom is -0.494 e. The topological polar surface area (TPSA) is 31.4 Å². The summed E-state index contributed by atoms with van der Waals surface area (Å²) in [5.41, 5.74) is -1.02. The third-order valence-electron chi connectivity index (χ3n) is 1.83. The summed E-state index contributed by atoms with van der Waals surface area (Å²) < 4.78 is 69.3. The summed E-state index contributed by atoms with van der Waals surface area (Å²) in [6.07, 6.45) is -8.14. The van der Waals surface area contributed by atoms with Crippen molar-refractivity contribution in [2.45, 2.75) is 18.7 Å². The fraction of sp³-hybridized carbons (Fsp3) is 0.444. The van der Waals surface area contributed by atoms with Gasteiger partial charge >= 0.3 is 6.36 Å². The number of hydrogen-bond donors (Lipinski definition) is 0. The monoisotopic (exact) mass is 291 g/mol. The minimum absolute atomic E-state index is 0.0660. The van der Waals surface area contributed by atoms with Crippen LogP contribution in [0.3, 0.4) is 0 Å². The van der Waals surface area contributed by atoms with Gasteiger partial charge < -0.3 is 9.47 Å². The van der Waals surface area contributed by atoms with Crippen LogP contribution in [0.15, 0.2) is 6.07 Å². The van der Waals surface area contributed by atoms with Crippen molar-refractivity contribution in [1.29, 1.82) is 0 Å². The van der Waals surface area contributed by atoms with E-state index in [2.05, 4.69) is 14.5 Å². The van der Waals surface area contributed by atoms with Crippen molar-refractivity contribution in [2.24, 2.45) is 0 Å². The van der Waals surface area contributed by atoms with Crippen molar-refractivity contribution in [3.8, 4) is 11.6 Å². The molecule has 0 fully saturated rings. The van der Waals surface area contributed by atoms with Gasteiger partial charge in [0, 0.05) is 11.6 Å². The smallest absolute Gasteiger partial charge is 0.494 e. The van der Waals surface area contributed by atoms with Crippen LogP contribution >= 0.6 is 11.6 Å². The van der Waals surface area contributed by atoms with E-state index in [1.54, 1.807) is 0 Å². The number of nitrogens with zero attached hydrogens (tertiary/aromatic N) is 1. The standard InChI is InChI=1S/C9H7ClF5NO2/c1-17-7-4(3-10)2-5(18-9(13,14)15)16-6(7)8(11)12/h2,8H,3H2,1H3. The number of halogens is 6. The van der Waals surface area contributed by atoms with E-state index in [9.17, 15) is 22.0 Å². The SMILES string of the molecule is COc1c(CCl)cc(OC(F)(F)F)nc1C(F)F. The third kappa shape index (κ3) is 3.59. The highest BCUT2D eigenvalue weighted by Gasteiger charge is 2.33. The molecule has 3 nitrogen and oxygen atoms in total. The average Bonchev–Trinajstić information content (AvgIpc) is 2.25. The Morgan fingerprint density at radius 2 is 2.00 bits per heavy atom. The van der Waals surface area contributed by atoms with E-state index >= 15 is 0 Å². The van der Waals surface area contributed by atoms with E-state index in [0.29, 0.717) is 0 Å². The van der Waals surface area contributed by atoms with Gasteiger partial charge in [0.2, 0.25) is 5.88 Å². The van der Waals surface area contributed by atoms with E-state index in [4.69, 9.17) is 11.6 Å². The molecule has 0 atom stereocenters. The summed E-state index contributed by atoms with van der Waals surface area (Å²) in [5, 5.41) is 0. The second-order valence-corrected chi connectivity index (χ2v) is 3.29. The molecule has 1 rings (SSSR count). The van der Waals surface area contributed by atoms with Gasteiger partial charge in [-0.2, -0.15) is 0 Å². The highest BCUT2D eigenvalue weighted by atomic mass is 35.5. The van der Waals surface area contributed by atoms with E-state index < -0.39 is 24.4 Å². The molecule has 9 heteroatoms. The highest BCUT2D eigenvalue weighted by molar-refractivity contribution is 6.17. The Kier molecular flexibility index (Phi) is 4.55. The van der Waals surface area contributed by atoms with Gasteiger partial charge in [-0.15, -0.1) is 24.8 Å². The Morgan fingerprint density at radius 1 is 1.39 bits per heavy atom. The number of rotatable bonds is 4.